The van der Waals surface area contributed by atoms with Crippen LogP contribution in [-0.2, 0) is 19.1 Å². The van der Waals surface area contributed by atoms with Crippen molar-refractivity contribution < 1.29 is 42.9 Å². The fraction of sp³-hybridized carbons (Fsp3) is 0.759. The Balaban J connectivity index is 1.74. The van der Waals surface area contributed by atoms with Gasteiger partial charge in [0.25, 0.3) is 0 Å². The van der Waals surface area contributed by atoms with Crippen molar-refractivity contribution in [1.29, 1.82) is 0 Å². The predicted molar refractivity (Wildman–Crippen MR) is 135 cm³/mol. The van der Waals surface area contributed by atoms with Crippen LogP contribution in [0.15, 0.2) is 23.8 Å². The lowest BCUT2D eigenvalue weighted by molar-refractivity contribution is -0.232. The minimum absolute atomic E-state index is 0.000311. The van der Waals surface area contributed by atoms with Gasteiger partial charge in [0, 0.05) is 22.7 Å². The lowest BCUT2D eigenvalue weighted by Crippen LogP contribution is -2.71. The van der Waals surface area contributed by atoms with Crippen LogP contribution < -0.4 is 0 Å². The molecule has 7 nitrogen and oxygen atoms in total. The molecule has 0 amide bonds. The first-order chi connectivity index (χ1) is 17.7. The van der Waals surface area contributed by atoms with Gasteiger partial charge in [0.1, 0.15) is 12.3 Å². The second kappa shape index (κ2) is 9.72. The maximum Gasteiger partial charge on any atom is 0.509 e. The minimum atomic E-state index is -2.34. The van der Waals surface area contributed by atoms with Crippen molar-refractivity contribution in [2.75, 3.05) is 0 Å². The van der Waals surface area contributed by atoms with Gasteiger partial charge in [0.2, 0.25) is 5.60 Å². The highest BCUT2D eigenvalue weighted by Gasteiger charge is 2.78. The van der Waals surface area contributed by atoms with Crippen molar-refractivity contribution in [3.8, 4) is 0 Å². The van der Waals surface area contributed by atoms with E-state index in [2.05, 4.69) is 0 Å². The summed E-state index contributed by atoms with van der Waals surface area (Å²) in [5, 5.41) is 22.0. The summed E-state index contributed by atoms with van der Waals surface area (Å²) in [7, 11) is 0. The van der Waals surface area contributed by atoms with Gasteiger partial charge in [-0.25, -0.2) is 18.4 Å². The lowest BCUT2D eigenvalue weighted by Gasteiger charge is -2.62. The molecule has 3 fully saturated rings. The molecule has 0 aromatic rings. The van der Waals surface area contributed by atoms with E-state index in [9.17, 15) is 24.6 Å². The molecule has 9 heteroatoms. The van der Waals surface area contributed by atoms with Gasteiger partial charge >= 0.3 is 12.1 Å². The van der Waals surface area contributed by atoms with Crippen LogP contribution in [0.1, 0.15) is 79.6 Å². The van der Waals surface area contributed by atoms with Gasteiger partial charge < -0.3 is 19.7 Å². The number of allylic oxidation sites excluding steroid dienone is 4. The third kappa shape index (κ3) is 3.78. The lowest BCUT2D eigenvalue weighted by atomic mass is 9.44. The molecule has 38 heavy (non-hydrogen) atoms. The molecule has 0 saturated heterocycles. The number of aliphatic carboxylic acids is 1. The number of carbonyl (C=O) groups is 3. The molecule has 0 aromatic carbocycles. The number of hydrogen-bond acceptors (Lipinski definition) is 6. The Morgan fingerprint density at radius 1 is 1.16 bits per heavy atom. The van der Waals surface area contributed by atoms with Crippen LogP contribution in [0.25, 0.3) is 0 Å². The van der Waals surface area contributed by atoms with Gasteiger partial charge in [0.15, 0.2) is 11.5 Å². The van der Waals surface area contributed by atoms with Crippen LogP contribution in [0.5, 0.6) is 0 Å². The van der Waals surface area contributed by atoms with E-state index >= 15 is 8.78 Å². The molecule has 0 bridgehead atoms. The highest BCUT2D eigenvalue weighted by atomic mass is 19.1. The van der Waals surface area contributed by atoms with Gasteiger partial charge in [-0.1, -0.05) is 46.6 Å². The number of ether oxygens (including phenoxy) is 2. The SMILES string of the molecule is CCCC(CCC)OC(=O)O[C@@]1(C(=O)O)[C@H](C)C[C@H]2[C@@H]3C[C@H](F)C4=CC(=O)C=C[C@]4(C)C3(F)[C@@H](O)C[C@@]21C. The normalized spacial score (nSPS) is 43.7. The van der Waals surface area contributed by atoms with E-state index in [1.165, 1.54) is 19.1 Å². The van der Waals surface area contributed by atoms with E-state index < -0.39 is 76.1 Å². The zero-order chi connectivity index (χ0) is 28.3. The molecule has 1 unspecified atom stereocenters. The Kier molecular flexibility index (Phi) is 7.34. The maximum absolute atomic E-state index is 17.3. The summed E-state index contributed by atoms with van der Waals surface area (Å²) in [6.45, 7) is 8.63. The topological polar surface area (TPSA) is 110 Å². The van der Waals surface area contributed by atoms with Crippen LogP contribution >= 0.6 is 0 Å². The molecule has 0 aromatic heterocycles. The Morgan fingerprint density at radius 3 is 2.37 bits per heavy atom. The van der Waals surface area contributed by atoms with E-state index in [1.54, 1.807) is 13.8 Å². The van der Waals surface area contributed by atoms with Crippen molar-refractivity contribution in [3.63, 3.8) is 0 Å². The van der Waals surface area contributed by atoms with Gasteiger partial charge in [0.05, 0.1) is 6.10 Å². The first kappa shape index (κ1) is 28.7. The van der Waals surface area contributed by atoms with Crippen LogP contribution in [-0.4, -0.2) is 57.8 Å². The molecule has 0 aliphatic heterocycles. The summed E-state index contributed by atoms with van der Waals surface area (Å²) >= 11 is 0. The largest absolute Gasteiger partial charge is 0.509 e. The van der Waals surface area contributed by atoms with Gasteiger partial charge in [-0.2, -0.15) is 0 Å². The molecular formula is C29H40F2O7. The molecular weight excluding hydrogens is 498 g/mol. The van der Waals surface area contributed by atoms with E-state index in [0.717, 1.165) is 18.9 Å². The summed E-state index contributed by atoms with van der Waals surface area (Å²) in [5.74, 6) is -4.36. The first-order valence-corrected chi connectivity index (χ1v) is 13.8. The molecule has 2 N–H and O–H groups in total. The summed E-state index contributed by atoms with van der Waals surface area (Å²) in [4.78, 5) is 38.0. The quantitative estimate of drug-likeness (QED) is 0.412. The summed E-state index contributed by atoms with van der Waals surface area (Å²) in [6, 6.07) is 0. The number of halogens is 2. The second-order valence-corrected chi connectivity index (χ2v) is 12.2. The Morgan fingerprint density at radius 2 is 1.79 bits per heavy atom. The standard InChI is InChI=1S/C29H40F2O7/c1-6-8-18(9-7-2)37-25(36)38-29(24(34)35)16(3)12-19-20-14-22(30)21-13-17(32)10-11-26(21,4)28(20,31)23(33)15-27(19,29)5/h10-11,13,16,18-20,22-23,33H,6-9,12,14-15H2,1-5H3,(H,34,35)/t16-,19+,20+,22+,23+,26+,27+,28?,29-/m1/s1. The molecule has 4 aliphatic carbocycles. The van der Waals surface area contributed by atoms with Crippen molar-refractivity contribution in [2.45, 2.75) is 109 Å². The number of aliphatic hydroxyl groups excluding tert-OH is 1. The predicted octanol–water partition coefficient (Wildman–Crippen LogP) is 5.50. The van der Waals surface area contributed by atoms with E-state index in [4.69, 9.17) is 9.47 Å². The molecule has 0 spiro atoms. The van der Waals surface area contributed by atoms with Crippen LogP contribution in [0.4, 0.5) is 13.6 Å². The van der Waals surface area contributed by atoms with E-state index in [0.29, 0.717) is 12.8 Å². The third-order valence-electron chi connectivity index (χ3n) is 10.2. The van der Waals surface area contributed by atoms with Gasteiger partial charge in [-0.3, -0.25) is 4.79 Å². The number of carboxylic acid groups (broad SMARTS) is 1. The molecule has 9 atom stereocenters. The average molecular weight is 539 g/mol. The van der Waals surface area contributed by atoms with Gasteiger partial charge in [-0.05, 0) is 62.7 Å². The third-order valence-corrected chi connectivity index (χ3v) is 10.2. The van der Waals surface area contributed by atoms with Crippen molar-refractivity contribution in [3.05, 3.63) is 23.8 Å². The zero-order valence-electron chi connectivity index (χ0n) is 22.8. The molecule has 4 aliphatic rings. The smallest absolute Gasteiger partial charge is 0.478 e. The maximum atomic E-state index is 17.3. The molecule has 0 radical (unpaired) electrons. The minimum Gasteiger partial charge on any atom is -0.478 e. The monoisotopic (exact) mass is 538 g/mol. The van der Waals surface area contributed by atoms with E-state index in [-0.39, 0.29) is 24.8 Å². The summed E-state index contributed by atoms with van der Waals surface area (Å²) in [6.07, 6.45) is 1.09. The average Bonchev–Trinajstić information content (AvgIpc) is 3.05. The number of ketones is 1. The highest BCUT2D eigenvalue weighted by molar-refractivity contribution is 6.01. The van der Waals surface area contributed by atoms with Gasteiger partial charge in [-0.15, -0.1) is 0 Å². The van der Waals surface area contributed by atoms with Crippen LogP contribution in [0.3, 0.4) is 0 Å². The number of rotatable bonds is 7. The number of alkyl halides is 2. The fourth-order valence-corrected chi connectivity index (χ4v) is 8.44. The number of aliphatic hydroxyl groups is 1. The molecule has 212 valence electrons. The molecule has 0 heterocycles. The summed E-state index contributed by atoms with van der Waals surface area (Å²) < 4.78 is 44.2. The summed E-state index contributed by atoms with van der Waals surface area (Å²) in [5.41, 5.74) is -7.41. The highest BCUT2D eigenvalue weighted by Crippen LogP contribution is 2.71. The number of hydrogen-bond donors (Lipinski definition) is 2. The van der Waals surface area contributed by atoms with Crippen molar-refractivity contribution >= 4 is 17.9 Å². The fourth-order valence-electron chi connectivity index (χ4n) is 8.44. The second-order valence-electron chi connectivity index (χ2n) is 12.2. The Hall–Kier alpha value is -2.29. The number of carbonyl (C=O) groups excluding carboxylic acids is 2. The van der Waals surface area contributed by atoms with Crippen LogP contribution in [0, 0.1) is 28.6 Å². The van der Waals surface area contributed by atoms with Crippen molar-refractivity contribution in [1.82, 2.24) is 0 Å². The Labute approximate surface area is 222 Å². The zero-order valence-corrected chi connectivity index (χ0v) is 22.8. The first-order valence-electron chi connectivity index (χ1n) is 13.8. The van der Waals surface area contributed by atoms with Crippen LogP contribution in [0.2, 0.25) is 0 Å². The Bertz CT molecular complexity index is 1050. The molecule has 4 rings (SSSR count). The number of carboxylic acids is 1. The van der Waals surface area contributed by atoms with Crippen molar-refractivity contribution in [2.24, 2.45) is 28.6 Å². The number of fused-ring (bicyclic) bond motifs is 5. The van der Waals surface area contributed by atoms with E-state index in [1.807, 2.05) is 13.8 Å². The molecule has 3 saturated carbocycles.